The Hall–Kier alpha value is -2.27. The minimum Gasteiger partial charge on any atom is -0.394 e. The molecule has 0 radical (unpaired) electrons. The fraction of sp³-hybridized carbons (Fsp3) is 0.133. The minimum atomic E-state index is -1.09. The molecule has 0 bridgehead atoms. The zero-order chi connectivity index (χ0) is 14.5. The van der Waals surface area contributed by atoms with E-state index in [0.29, 0.717) is 0 Å². The summed E-state index contributed by atoms with van der Waals surface area (Å²) >= 11 is 0. The number of carbonyl (C=O) groups excluding carboxylic acids is 1. The van der Waals surface area contributed by atoms with Crippen LogP contribution < -0.4 is 5.32 Å². The van der Waals surface area contributed by atoms with Crippen LogP contribution in [0.15, 0.2) is 48.5 Å². The Labute approximate surface area is 114 Å². The Morgan fingerprint density at radius 1 is 1.10 bits per heavy atom. The Balaban J connectivity index is 2.15. The first-order valence-electron chi connectivity index (χ1n) is 6.03. The largest absolute Gasteiger partial charge is 0.394 e. The van der Waals surface area contributed by atoms with Gasteiger partial charge in [0.05, 0.1) is 12.6 Å². The minimum absolute atomic E-state index is 0.00159. The third kappa shape index (κ3) is 3.19. The van der Waals surface area contributed by atoms with Crippen molar-refractivity contribution in [3.63, 3.8) is 0 Å². The number of halogens is 2. The summed E-state index contributed by atoms with van der Waals surface area (Å²) in [6.45, 7) is -0.292. The van der Waals surface area contributed by atoms with E-state index in [1.54, 1.807) is 24.3 Å². The molecule has 0 aliphatic carbocycles. The van der Waals surface area contributed by atoms with Crippen LogP contribution in [0, 0.1) is 11.6 Å². The lowest BCUT2D eigenvalue weighted by Gasteiger charge is -2.16. The second kappa shape index (κ2) is 6.25. The van der Waals surface area contributed by atoms with Crippen LogP contribution >= 0.6 is 0 Å². The van der Waals surface area contributed by atoms with Crippen molar-refractivity contribution < 1.29 is 18.7 Å². The predicted molar refractivity (Wildman–Crippen MR) is 70.1 cm³/mol. The van der Waals surface area contributed by atoms with E-state index >= 15 is 0 Å². The molecule has 1 amide bonds. The summed E-state index contributed by atoms with van der Waals surface area (Å²) in [7, 11) is 0. The van der Waals surface area contributed by atoms with E-state index in [1.165, 1.54) is 6.07 Å². The van der Waals surface area contributed by atoms with Gasteiger partial charge in [-0.2, -0.15) is 0 Å². The molecular formula is C15H13F2NO2. The van der Waals surface area contributed by atoms with Gasteiger partial charge in [0.25, 0.3) is 5.91 Å². The highest BCUT2D eigenvalue weighted by atomic mass is 19.2. The quantitative estimate of drug-likeness (QED) is 0.901. The predicted octanol–water partition coefficient (Wildman–Crippen LogP) is 2.43. The number of hydrogen-bond donors (Lipinski definition) is 2. The summed E-state index contributed by atoms with van der Waals surface area (Å²) in [6.07, 6.45) is 0. The highest BCUT2D eigenvalue weighted by Gasteiger charge is 2.16. The Morgan fingerprint density at radius 3 is 2.40 bits per heavy atom. The fourth-order valence-corrected chi connectivity index (χ4v) is 1.80. The number of aliphatic hydroxyl groups excluding tert-OH is 1. The standard InChI is InChI=1S/C15H13F2NO2/c16-12-7-6-11(8-13(12)17)15(20)18-14(9-19)10-4-2-1-3-5-10/h1-8,14,19H,9H2,(H,18,20)/t14-/m0/s1. The molecule has 3 nitrogen and oxygen atoms in total. The molecule has 0 aromatic heterocycles. The molecule has 2 N–H and O–H groups in total. The van der Waals surface area contributed by atoms with Gasteiger partial charge in [0.1, 0.15) is 0 Å². The first kappa shape index (κ1) is 14.1. The van der Waals surface area contributed by atoms with E-state index in [4.69, 9.17) is 0 Å². The average Bonchev–Trinajstić information content (AvgIpc) is 2.48. The second-order valence-corrected chi connectivity index (χ2v) is 4.25. The van der Waals surface area contributed by atoms with Crippen molar-refractivity contribution >= 4 is 5.91 Å². The molecule has 0 fully saturated rings. The number of hydrogen-bond acceptors (Lipinski definition) is 2. The molecule has 0 spiro atoms. The topological polar surface area (TPSA) is 49.3 Å². The van der Waals surface area contributed by atoms with Gasteiger partial charge >= 0.3 is 0 Å². The third-order valence-corrected chi connectivity index (χ3v) is 2.87. The van der Waals surface area contributed by atoms with Crippen LogP contribution in [0.25, 0.3) is 0 Å². The van der Waals surface area contributed by atoms with Crippen molar-refractivity contribution in [2.24, 2.45) is 0 Å². The maximum absolute atomic E-state index is 13.1. The maximum Gasteiger partial charge on any atom is 0.251 e. The number of rotatable bonds is 4. The van der Waals surface area contributed by atoms with E-state index in [-0.39, 0.29) is 12.2 Å². The van der Waals surface area contributed by atoms with Gasteiger partial charge in [0.15, 0.2) is 11.6 Å². The second-order valence-electron chi connectivity index (χ2n) is 4.25. The fourth-order valence-electron chi connectivity index (χ4n) is 1.80. The normalized spacial score (nSPS) is 11.9. The molecule has 2 aromatic rings. The molecule has 5 heteroatoms. The van der Waals surface area contributed by atoms with Crippen molar-refractivity contribution in [3.05, 3.63) is 71.3 Å². The van der Waals surface area contributed by atoms with E-state index in [2.05, 4.69) is 5.32 Å². The van der Waals surface area contributed by atoms with Crippen molar-refractivity contribution in [3.8, 4) is 0 Å². The molecule has 1 atom stereocenters. The van der Waals surface area contributed by atoms with Crippen molar-refractivity contribution in [1.29, 1.82) is 0 Å². The number of benzene rings is 2. The summed E-state index contributed by atoms with van der Waals surface area (Å²) in [6, 6.07) is 11.2. The van der Waals surface area contributed by atoms with Gasteiger partial charge in [0.2, 0.25) is 0 Å². The SMILES string of the molecule is O=C(N[C@@H](CO)c1ccccc1)c1ccc(F)c(F)c1. The number of carbonyl (C=O) groups is 1. The first-order valence-corrected chi connectivity index (χ1v) is 6.03. The summed E-state index contributed by atoms with van der Waals surface area (Å²) in [4.78, 5) is 11.9. The first-order chi connectivity index (χ1) is 9.61. The molecule has 0 saturated heterocycles. The van der Waals surface area contributed by atoms with Crippen LogP contribution in [-0.4, -0.2) is 17.6 Å². The lowest BCUT2D eigenvalue weighted by Crippen LogP contribution is -2.30. The molecule has 0 heterocycles. The monoisotopic (exact) mass is 277 g/mol. The van der Waals surface area contributed by atoms with Gasteiger partial charge in [-0.05, 0) is 23.8 Å². The van der Waals surface area contributed by atoms with E-state index in [0.717, 1.165) is 17.7 Å². The van der Waals surface area contributed by atoms with Crippen LogP contribution in [0.3, 0.4) is 0 Å². The maximum atomic E-state index is 13.1. The van der Waals surface area contributed by atoms with Gasteiger partial charge < -0.3 is 10.4 Å². The average molecular weight is 277 g/mol. The van der Waals surface area contributed by atoms with E-state index in [1.807, 2.05) is 6.07 Å². The van der Waals surface area contributed by atoms with Crippen LogP contribution in [0.4, 0.5) is 8.78 Å². The summed E-state index contributed by atoms with van der Waals surface area (Å²) in [5, 5.41) is 11.9. The molecule has 0 saturated carbocycles. The van der Waals surface area contributed by atoms with E-state index in [9.17, 15) is 18.7 Å². The van der Waals surface area contributed by atoms with Crippen molar-refractivity contribution in [2.75, 3.05) is 6.61 Å². The molecule has 2 aromatic carbocycles. The van der Waals surface area contributed by atoms with Crippen LogP contribution in [0.2, 0.25) is 0 Å². The number of amides is 1. The summed E-state index contributed by atoms with van der Waals surface area (Å²) in [5.41, 5.74) is 0.726. The smallest absolute Gasteiger partial charge is 0.251 e. The Bertz CT molecular complexity index is 602. The molecule has 20 heavy (non-hydrogen) atoms. The number of aliphatic hydroxyl groups is 1. The Kier molecular flexibility index (Phi) is 4.42. The molecular weight excluding hydrogens is 264 g/mol. The summed E-state index contributed by atoms with van der Waals surface area (Å²) in [5.74, 6) is -2.67. The molecule has 0 unspecified atom stereocenters. The number of nitrogens with one attached hydrogen (secondary N) is 1. The molecule has 2 rings (SSSR count). The lowest BCUT2D eigenvalue weighted by atomic mass is 10.1. The van der Waals surface area contributed by atoms with E-state index < -0.39 is 23.6 Å². The molecule has 0 aliphatic rings. The lowest BCUT2D eigenvalue weighted by molar-refractivity contribution is 0.0915. The highest BCUT2D eigenvalue weighted by molar-refractivity contribution is 5.94. The van der Waals surface area contributed by atoms with Gasteiger partial charge in [-0.3, -0.25) is 4.79 Å². The highest BCUT2D eigenvalue weighted by Crippen LogP contribution is 2.14. The third-order valence-electron chi connectivity index (χ3n) is 2.87. The van der Waals surface area contributed by atoms with Gasteiger partial charge in [-0.15, -0.1) is 0 Å². The van der Waals surface area contributed by atoms with Crippen molar-refractivity contribution in [1.82, 2.24) is 5.32 Å². The van der Waals surface area contributed by atoms with Gasteiger partial charge in [0, 0.05) is 5.56 Å². The van der Waals surface area contributed by atoms with Crippen LogP contribution in [-0.2, 0) is 0 Å². The molecule has 0 aliphatic heterocycles. The Morgan fingerprint density at radius 2 is 1.80 bits per heavy atom. The van der Waals surface area contributed by atoms with Crippen LogP contribution in [0.1, 0.15) is 22.0 Å². The van der Waals surface area contributed by atoms with Gasteiger partial charge in [-0.25, -0.2) is 8.78 Å². The summed E-state index contributed by atoms with van der Waals surface area (Å²) < 4.78 is 25.9. The van der Waals surface area contributed by atoms with Crippen LogP contribution in [0.5, 0.6) is 0 Å². The van der Waals surface area contributed by atoms with Crippen molar-refractivity contribution in [2.45, 2.75) is 6.04 Å². The molecule has 104 valence electrons. The zero-order valence-corrected chi connectivity index (χ0v) is 10.5. The zero-order valence-electron chi connectivity index (χ0n) is 10.5. The van der Waals surface area contributed by atoms with Gasteiger partial charge in [-0.1, -0.05) is 30.3 Å².